The molecule has 0 fully saturated rings. The van der Waals surface area contributed by atoms with Crippen molar-refractivity contribution in [3.05, 3.63) is 69.8 Å². The van der Waals surface area contributed by atoms with Gasteiger partial charge >= 0.3 is 0 Å². The first-order valence-corrected chi connectivity index (χ1v) is 9.50. The maximum absolute atomic E-state index is 12.9. The van der Waals surface area contributed by atoms with Crippen LogP contribution in [0.1, 0.15) is 21.5 Å². The number of aryl methyl sites for hydroxylation is 1. The molecule has 0 radical (unpaired) electrons. The molecule has 0 spiro atoms. The molecule has 0 bridgehead atoms. The molecule has 0 unspecified atom stereocenters. The number of pyridine rings is 1. The van der Waals surface area contributed by atoms with Crippen molar-refractivity contribution in [2.75, 3.05) is 34.2 Å². The monoisotopic (exact) mass is 404 g/mol. The average Bonchev–Trinajstić information content (AvgIpc) is 3.12. The van der Waals surface area contributed by atoms with E-state index in [1.54, 1.807) is 48.5 Å². The second kappa shape index (κ2) is 8.76. The van der Waals surface area contributed by atoms with Crippen molar-refractivity contribution in [1.29, 1.82) is 5.26 Å². The molecule has 8 nitrogen and oxygen atoms in total. The summed E-state index contributed by atoms with van der Waals surface area (Å²) < 4.78 is 1.33. The Bertz CT molecular complexity index is 1150. The Hall–Kier alpha value is -3.70. The van der Waals surface area contributed by atoms with Crippen molar-refractivity contribution < 1.29 is 4.79 Å². The van der Waals surface area contributed by atoms with Crippen molar-refractivity contribution in [3.63, 3.8) is 0 Å². The molecular weight excluding hydrogens is 380 g/mol. The Labute approximate surface area is 175 Å². The summed E-state index contributed by atoms with van der Waals surface area (Å²) in [6.07, 6.45) is 3.09. The number of aromatic nitrogens is 3. The first kappa shape index (κ1) is 21.0. The van der Waals surface area contributed by atoms with Crippen molar-refractivity contribution in [2.45, 2.75) is 6.92 Å². The highest BCUT2D eigenvalue weighted by atomic mass is 16.2. The number of aromatic amines is 1. The lowest BCUT2D eigenvalue weighted by Gasteiger charge is -2.19. The van der Waals surface area contributed by atoms with Crippen molar-refractivity contribution in [1.82, 2.24) is 24.6 Å². The Morgan fingerprint density at radius 3 is 2.53 bits per heavy atom. The van der Waals surface area contributed by atoms with Crippen molar-refractivity contribution in [3.8, 4) is 23.0 Å². The highest BCUT2D eigenvalue weighted by Gasteiger charge is 2.15. The van der Waals surface area contributed by atoms with Crippen molar-refractivity contribution >= 4 is 5.91 Å². The summed E-state index contributed by atoms with van der Waals surface area (Å²) in [5.41, 5.74) is 2.84. The van der Waals surface area contributed by atoms with Gasteiger partial charge in [-0.15, -0.1) is 0 Å². The van der Waals surface area contributed by atoms with Gasteiger partial charge in [0, 0.05) is 32.5 Å². The van der Waals surface area contributed by atoms with Crippen molar-refractivity contribution in [2.24, 2.45) is 0 Å². The third kappa shape index (κ3) is 4.31. The predicted molar refractivity (Wildman–Crippen MR) is 115 cm³/mol. The molecule has 0 saturated carbocycles. The lowest BCUT2D eigenvalue weighted by atomic mass is 10.0. The third-order valence-corrected chi connectivity index (χ3v) is 4.87. The molecular formula is C22H24N6O2. The summed E-state index contributed by atoms with van der Waals surface area (Å²) in [6.45, 7) is 3.23. The van der Waals surface area contributed by atoms with Crippen LogP contribution in [0.5, 0.6) is 0 Å². The Morgan fingerprint density at radius 2 is 1.93 bits per heavy atom. The molecule has 0 saturated heterocycles. The smallest absolute Gasteiger partial charge is 0.280 e. The maximum Gasteiger partial charge on any atom is 0.280 e. The molecule has 0 atom stereocenters. The second-order valence-electron chi connectivity index (χ2n) is 7.40. The molecule has 3 aromatic rings. The molecule has 1 N–H and O–H groups in total. The summed E-state index contributed by atoms with van der Waals surface area (Å²) in [4.78, 5) is 33.4. The quantitative estimate of drug-likeness (QED) is 0.678. The van der Waals surface area contributed by atoms with E-state index in [9.17, 15) is 9.59 Å². The van der Waals surface area contributed by atoms with Crippen LogP contribution in [0, 0.1) is 18.3 Å². The minimum atomic E-state index is -0.252. The normalized spacial score (nSPS) is 10.8. The van der Waals surface area contributed by atoms with Gasteiger partial charge in [-0.25, -0.2) is 9.67 Å². The van der Waals surface area contributed by atoms with Crippen LogP contribution in [0.4, 0.5) is 0 Å². The number of carbonyl (C=O) groups excluding carboxylic acids is 1. The Morgan fingerprint density at radius 1 is 1.17 bits per heavy atom. The molecule has 2 aromatic heterocycles. The molecule has 1 amide bonds. The average molecular weight is 404 g/mol. The molecule has 154 valence electrons. The van der Waals surface area contributed by atoms with Gasteiger partial charge in [0.15, 0.2) is 5.82 Å². The van der Waals surface area contributed by atoms with E-state index in [-0.39, 0.29) is 11.5 Å². The second-order valence-corrected chi connectivity index (χ2v) is 7.40. The number of likely N-dealkylation sites (N-methyl/N-ethyl adjacent to an activating group) is 2. The standard InChI is InChI=1S/C22H24N6O2/c1-15-11-16(12-23)5-7-18(15)19-14-25-28(22(19)30)20-8-6-17(13-24-20)21(29)27(4)10-9-26(2)3/h5-8,11,13-14,25H,9-10H2,1-4H3. The molecule has 3 rings (SSSR count). The Balaban J connectivity index is 1.84. The summed E-state index contributed by atoms with van der Waals surface area (Å²) in [6, 6.07) is 10.6. The number of benzene rings is 1. The van der Waals surface area contributed by atoms with Gasteiger partial charge in [-0.1, -0.05) is 6.07 Å². The highest BCUT2D eigenvalue weighted by Crippen LogP contribution is 2.21. The fraction of sp³-hybridized carbons (Fsp3) is 0.273. The van der Waals surface area contributed by atoms with E-state index < -0.39 is 0 Å². The minimum Gasteiger partial charge on any atom is -0.340 e. The maximum atomic E-state index is 12.9. The number of amides is 1. The van der Waals surface area contributed by atoms with Gasteiger partial charge in [-0.05, 0) is 56.4 Å². The lowest BCUT2D eigenvalue weighted by Crippen LogP contribution is -2.33. The van der Waals surface area contributed by atoms with Crippen LogP contribution in [-0.4, -0.2) is 64.7 Å². The number of nitrogens with zero attached hydrogens (tertiary/aromatic N) is 5. The summed E-state index contributed by atoms with van der Waals surface area (Å²) >= 11 is 0. The number of hydrogen-bond acceptors (Lipinski definition) is 5. The summed E-state index contributed by atoms with van der Waals surface area (Å²) in [5.74, 6) is 0.272. The van der Waals surface area contributed by atoms with Crippen LogP contribution < -0.4 is 5.56 Å². The lowest BCUT2D eigenvalue weighted by molar-refractivity contribution is 0.0786. The number of H-pyrrole nitrogens is 1. The van der Waals surface area contributed by atoms with Crippen LogP contribution in [0.2, 0.25) is 0 Å². The number of nitriles is 1. The van der Waals surface area contributed by atoms with Crippen LogP contribution in [-0.2, 0) is 0 Å². The largest absolute Gasteiger partial charge is 0.340 e. The van der Waals surface area contributed by atoms with E-state index in [0.717, 1.165) is 17.7 Å². The minimum absolute atomic E-state index is 0.122. The van der Waals surface area contributed by atoms with Crippen LogP contribution in [0.25, 0.3) is 16.9 Å². The fourth-order valence-electron chi connectivity index (χ4n) is 3.09. The van der Waals surface area contributed by atoms with E-state index in [1.807, 2.05) is 25.9 Å². The summed E-state index contributed by atoms with van der Waals surface area (Å²) in [7, 11) is 5.66. The molecule has 1 aromatic carbocycles. The SMILES string of the molecule is Cc1cc(C#N)ccc1-c1c[nH]n(-c2ccc(C(=O)N(C)CCN(C)C)cn2)c1=O. The van der Waals surface area contributed by atoms with E-state index in [1.165, 1.54) is 10.9 Å². The number of rotatable bonds is 6. The number of hydrogen-bond donors (Lipinski definition) is 1. The zero-order valence-electron chi connectivity index (χ0n) is 17.5. The van der Waals surface area contributed by atoms with Gasteiger partial charge in [-0.3, -0.25) is 14.7 Å². The number of nitrogens with one attached hydrogen (secondary N) is 1. The van der Waals surface area contributed by atoms with Gasteiger partial charge in [0.1, 0.15) is 0 Å². The van der Waals surface area contributed by atoms with Gasteiger partial charge in [0.25, 0.3) is 11.5 Å². The topological polar surface area (TPSA) is 98.0 Å². The molecule has 2 heterocycles. The van der Waals surface area contributed by atoms with Crippen LogP contribution in [0.15, 0.2) is 47.5 Å². The van der Waals surface area contributed by atoms with Crippen LogP contribution in [0.3, 0.4) is 0 Å². The summed E-state index contributed by atoms with van der Waals surface area (Å²) in [5, 5.41) is 11.9. The van der Waals surface area contributed by atoms with E-state index >= 15 is 0 Å². The molecule has 30 heavy (non-hydrogen) atoms. The zero-order chi connectivity index (χ0) is 21.8. The molecule has 0 aliphatic heterocycles. The zero-order valence-corrected chi connectivity index (χ0v) is 17.5. The number of carbonyl (C=O) groups is 1. The molecule has 0 aliphatic rings. The third-order valence-electron chi connectivity index (χ3n) is 4.87. The highest BCUT2D eigenvalue weighted by molar-refractivity contribution is 5.93. The van der Waals surface area contributed by atoms with Gasteiger partial charge in [0.2, 0.25) is 0 Å². The van der Waals surface area contributed by atoms with E-state index in [2.05, 4.69) is 16.2 Å². The molecule has 8 heteroatoms. The predicted octanol–water partition coefficient (Wildman–Crippen LogP) is 2.04. The first-order chi connectivity index (χ1) is 14.3. The van der Waals surface area contributed by atoms with E-state index in [0.29, 0.717) is 29.1 Å². The van der Waals surface area contributed by atoms with Gasteiger partial charge in [-0.2, -0.15) is 5.26 Å². The van der Waals surface area contributed by atoms with E-state index in [4.69, 9.17) is 5.26 Å². The van der Waals surface area contributed by atoms with Crippen LogP contribution >= 0.6 is 0 Å². The fourth-order valence-corrected chi connectivity index (χ4v) is 3.09. The first-order valence-electron chi connectivity index (χ1n) is 9.50. The van der Waals surface area contributed by atoms with Gasteiger partial charge in [0.05, 0.1) is 22.8 Å². The Kier molecular flexibility index (Phi) is 6.14. The van der Waals surface area contributed by atoms with Gasteiger partial charge < -0.3 is 9.80 Å². The molecule has 0 aliphatic carbocycles.